The Kier molecular flexibility index (Phi) is 5.22. The van der Waals surface area contributed by atoms with E-state index in [1.54, 1.807) is 0 Å². The molecule has 0 saturated carbocycles. The van der Waals surface area contributed by atoms with Gasteiger partial charge in [-0.2, -0.15) is 0 Å². The van der Waals surface area contributed by atoms with Crippen molar-refractivity contribution in [1.82, 2.24) is 10.4 Å². The van der Waals surface area contributed by atoms with Gasteiger partial charge in [-0.1, -0.05) is 13.8 Å². The zero-order valence-corrected chi connectivity index (χ0v) is 8.13. The lowest BCUT2D eigenvalue weighted by Crippen LogP contribution is -2.47. The Labute approximate surface area is 77.1 Å². The average molecular weight is 190 g/mol. The highest BCUT2D eigenvalue weighted by molar-refractivity contribution is 6.02. The number of amides is 1. The second-order valence-corrected chi connectivity index (χ2v) is 2.62. The number of hydrogen-bond acceptors (Lipinski definition) is 3. The van der Waals surface area contributed by atoms with E-state index in [0.717, 1.165) is 6.92 Å². The van der Waals surface area contributed by atoms with Crippen molar-refractivity contribution in [2.45, 2.75) is 26.9 Å². The van der Waals surface area contributed by atoms with Gasteiger partial charge in [0.15, 0.2) is 5.78 Å². The Morgan fingerprint density at radius 1 is 1.38 bits per heavy atom. The van der Waals surface area contributed by atoms with Crippen LogP contribution in [0.1, 0.15) is 20.8 Å². The van der Waals surface area contributed by atoms with Crippen molar-refractivity contribution >= 4 is 11.7 Å². The van der Waals surface area contributed by atoms with Gasteiger partial charge in [-0.05, 0) is 6.92 Å². The maximum Gasteiger partial charge on any atom is 0.276 e. The second-order valence-electron chi connectivity index (χ2n) is 2.62. The Balaban J connectivity index is 4.05. The summed E-state index contributed by atoms with van der Waals surface area (Å²) in [6.45, 7) is 5.85. The van der Waals surface area contributed by atoms with E-state index in [1.807, 2.05) is 13.8 Å². The molecule has 0 saturated heterocycles. The number of nitrogens with one attached hydrogen (secondary N) is 1. The summed E-state index contributed by atoms with van der Waals surface area (Å²) in [5, 5.41) is 1.53. The van der Waals surface area contributed by atoms with Crippen LogP contribution in [0.3, 0.4) is 0 Å². The van der Waals surface area contributed by atoms with Crippen molar-refractivity contribution in [3.05, 3.63) is 0 Å². The summed E-state index contributed by atoms with van der Waals surface area (Å²) in [6.07, 6.45) is -2.06. The lowest BCUT2D eigenvalue weighted by molar-refractivity contribution is -0.137. The molecule has 0 bridgehead atoms. The molecule has 4 nitrogen and oxygen atoms in total. The fourth-order valence-corrected chi connectivity index (χ4v) is 0.779. The molecule has 0 aromatic rings. The van der Waals surface area contributed by atoms with Crippen LogP contribution in [0, 0.1) is 0 Å². The number of carbonyl (C=O) groups is 2. The molecule has 13 heavy (non-hydrogen) atoms. The van der Waals surface area contributed by atoms with E-state index >= 15 is 0 Å². The number of ketones is 1. The molecule has 0 aliphatic rings. The molecular weight excluding hydrogens is 175 g/mol. The number of halogens is 1. The number of hydrogen-bond donors (Lipinski definition) is 1. The lowest BCUT2D eigenvalue weighted by atomic mass is 10.3. The fourth-order valence-electron chi connectivity index (χ4n) is 0.779. The zero-order valence-electron chi connectivity index (χ0n) is 8.13. The van der Waals surface area contributed by atoms with Crippen LogP contribution in [-0.2, 0) is 9.59 Å². The van der Waals surface area contributed by atoms with Crippen molar-refractivity contribution in [2.24, 2.45) is 0 Å². The Hall–Kier alpha value is -0.970. The summed E-state index contributed by atoms with van der Waals surface area (Å²) in [4.78, 5) is 21.5. The fraction of sp³-hybridized carbons (Fsp3) is 0.750. The van der Waals surface area contributed by atoms with E-state index in [9.17, 15) is 14.0 Å². The van der Waals surface area contributed by atoms with Crippen molar-refractivity contribution in [3.63, 3.8) is 0 Å². The van der Waals surface area contributed by atoms with Crippen LogP contribution in [0.2, 0.25) is 0 Å². The highest BCUT2D eigenvalue weighted by atomic mass is 19.1. The molecule has 0 heterocycles. The van der Waals surface area contributed by atoms with E-state index in [1.165, 1.54) is 5.01 Å². The van der Waals surface area contributed by atoms with Crippen LogP contribution in [0.5, 0.6) is 0 Å². The third kappa shape index (κ3) is 3.98. The number of rotatable bonds is 5. The minimum absolute atomic E-state index is 0.576. The standard InChI is InChI=1S/C8H15FN2O2/c1-4-11(5-2)10-8(13)7(9)6(3)12/h7H,4-5H2,1-3H3,(H,10,13). The van der Waals surface area contributed by atoms with Crippen LogP contribution in [0.4, 0.5) is 4.39 Å². The molecule has 0 spiro atoms. The van der Waals surface area contributed by atoms with Gasteiger partial charge in [-0.25, -0.2) is 9.40 Å². The largest absolute Gasteiger partial charge is 0.296 e. The van der Waals surface area contributed by atoms with Crippen molar-refractivity contribution in [2.75, 3.05) is 13.1 Å². The molecule has 5 heteroatoms. The first-order valence-electron chi connectivity index (χ1n) is 4.22. The number of alkyl halides is 1. The smallest absolute Gasteiger partial charge is 0.276 e. The lowest BCUT2D eigenvalue weighted by Gasteiger charge is -2.19. The molecule has 0 aliphatic heterocycles. The summed E-state index contributed by atoms with van der Waals surface area (Å²) in [7, 11) is 0. The van der Waals surface area contributed by atoms with E-state index in [-0.39, 0.29) is 0 Å². The van der Waals surface area contributed by atoms with Gasteiger partial charge in [-0.15, -0.1) is 0 Å². The van der Waals surface area contributed by atoms with Crippen LogP contribution in [-0.4, -0.2) is 36.0 Å². The highest BCUT2D eigenvalue weighted by Gasteiger charge is 2.22. The van der Waals surface area contributed by atoms with E-state index in [4.69, 9.17) is 0 Å². The SMILES string of the molecule is CCN(CC)NC(=O)C(F)C(C)=O. The minimum atomic E-state index is -2.06. The normalized spacial score (nSPS) is 12.7. The zero-order chi connectivity index (χ0) is 10.4. The van der Waals surface area contributed by atoms with Crippen LogP contribution >= 0.6 is 0 Å². The van der Waals surface area contributed by atoms with Gasteiger partial charge in [0.05, 0.1) is 0 Å². The topological polar surface area (TPSA) is 49.4 Å². The van der Waals surface area contributed by atoms with E-state index in [2.05, 4.69) is 5.43 Å². The number of Topliss-reactive ketones (excluding diaryl/α,β-unsaturated/α-hetero) is 1. The molecule has 1 N–H and O–H groups in total. The van der Waals surface area contributed by atoms with Gasteiger partial charge >= 0.3 is 0 Å². The Morgan fingerprint density at radius 2 is 1.85 bits per heavy atom. The second kappa shape index (κ2) is 5.64. The van der Waals surface area contributed by atoms with Gasteiger partial charge in [0.1, 0.15) is 0 Å². The molecule has 0 radical (unpaired) electrons. The summed E-state index contributed by atoms with van der Waals surface area (Å²) >= 11 is 0. The molecule has 1 atom stereocenters. The average Bonchev–Trinajstić information content (AvgIpc) is 2.12. The first-order valence-corrected chi connectivity index (χ1v) is 4.22. The predicted octanol–water partition coefficient (Wildman–Crippen LogP) is 0.286. The molecule has 0 fully saturated rings. The predicted molar refractivity (Wildman–Crippen MR) is 46.6 cm³/mol. The molecule has 0 aliphatic carbocycles. The third-order valence-electron chi connectivity index (χ3n) is 1.62. The number of nitrogens with zero attached hydrogens (tertiary/aromatic N) is 1. The molecular formula is C8H15FN2O2. The van der Waals surface area contributed by atoms with Gasteiger partial charge in [0.2, 0.25) is 6.17 Å². The van der Waals surface area contributed by atoms with Crippen LogP contribution in [0.15, 0.2) is 0 Å². The first-order chi connectivity index (χ1) is 6.02. The monoisotopic (exact) mass is 190 g/mol. The van der Waals surface area contributed by atoms with Gasteiger partial charge in [0.25, 0.3) is 5.91 Å². The van der Waals surface area contributed by atoms with Gasteiger partial charge in [0, 0.05) is 13.1 Å². The minimum Gasteiger partial charge on any atom is -0.296 e. The van der Waals surface area contributed by atoms with E-state index in [0.29, 0.717) is 13.1 Å². The van der Waals surface area contributed by atoms with Crippen LogP contribution < -0.4 is 5.43 Å². The molecule has 0 aromatic carbocycles. The van der Waals surface area contributed by atoms with Crippen LogP contribution in [0.25, 0.3) is 0 Å². The molecule has 0 aromatic heterocycles. The summed E-state index contributed by atoms with van der Waals surface area (Å²) in [5.41, 5.74) is 2.30. The van der Waals surface area contributed by atoms with Crippen molar-refractivity contribution < 1.29 is 14.0 Å². The van der Waals surface area contributed by atoms with Crippen molar-refractivity contribution in [3.8, 4) is 0 Å². The molecule has 0 rings (SSSR count). The first kappa shape index (κ1) is 12.0. The molecule has 76 valence electrons. The maximum absolute atomic E-state index is 12.8. The molecule has 1 unspecified atom stereocenters. The highest BCUT2D eigenvalue weighted by Crippen LogP contribution is 1.93. The van der Waals surface area contributed by atoms with Gasteiger partial charge in [-0.3, -0.25) is 15.0 Å². The molecule has 1 amide bonds. The summed E-state index contributed by atoms with van der Waals surface area (Å²) < 4.78 is 12.8. The third-order valence-corrected chi connectivity index (χ3v) is 1.62. The Bertz CT molecular complexity index is 193. The number of carbonyl (C=O) groups excluding carboxylic acids is 2. The van der Waals surface area contributed by atoms with E-state index < -0.39 is 17.9 Å². The Morgan fingerprint density at radius 3 is 2.15 bits per heavy atom. The quantitative estimate of drug-likeness (QED) is 0.500. The maximum atomic E-state index is 12.8. The summed E-state index contributed by atoms with van der Waals surface area (Å²) in [6, 6.07) is 0. The summed E-state index contributed by atoms with van der Waals surface area (Å²) in [5.74, 6) is -1.67. The van der Waals surface area contributed by atoms with Gasteiger partial charge < -0.3 is 0 Å². The number of hydrazine groups is 1. The van der Waals surface area contributed by atoms with Crippen molar-refractivity contribution in [1.29, 1.82) is 0 Å².